The van der Waals surface area contributed by atoms with Gasteiger partial charge in [-0.15, -0.1) is 0 Å². The highest BCUT2D eigenvalue weighted by atomic mass is 19.1. The molecule has 24 heavy (non-hydrogen) atoms. The SMILES string of the molecule is C=C\C(F)=C/C=C(C=C)/C(C=C)=C/C=C(C)/C(C=C)=C/C=C(\C)F. The van der Waals surface area contributed by atoms with Gasteiger partial charge in [0.2, 0.25) is 0 Å². The van der Waals surface area contributed by atoms with Crippen molar-refractivity contribution in [2.75, 3.05) is 0 Å². The molecule has 0 spiro atoms. The van der Waals surface area contributed by atoms with Crippen molar-refractivity contribution in [3.8, 4) is 0 Å². The van der Waals surface area contributed by atoms with Gasteiger partial charge >= 0.3 is 0 Å². The number of hydrogen-bond acceptors (Lipinski definition) is 0. The molecule has 0 aromatic rings. The predicted molar refractivity (Wildman–Crippen MR) is 103 cm³/mol. The van der Waals surface area contributed by atoms with E-state index < -0.39 is 5.83 Å². The maximum atomic E-state index is 13.2. The molecule has 0 N–H and O–H groups in total. The number of halogens is 2. The zero-order valence-corrected chi connectivity index (χ0v) is 14.4. The molecule has 0 aliphatic rings. The quantitative estimate of drug-likeness (QED) is 0.394. The first-order valence-electron chi connectivity index (χ1n) is 7.40. The lowest BCUT2D eigenvalue weighted by atomic mass is 10.0. The molecule has 0 fully saturated rings. The normalized spacial score (nSPS) is 15.2. The number of hydrogen-bond donors (Lipinski definition) is 0. The molecule has 0 aromatic heterocycles. The van der Waals surface area contributed by atoms with Crippen LogP contribution in [0.4, 0.5) is 8.78 Å². The molecule has 0 atom stereocenters. The highest BCUT2D eigenvalue weighted by molar-refractivity contribution is 5.50. The molecule has 0 aliphatic carbocycles. The summed E-state index contributed by atoms with van der Waals surface area (Å²) in [5.74, 6) is -0.716. The van der Waals surface area contributed by atoms with Gasteiger partial charge in [-0.1, -0.05) is 68.8 Å². The summed E-state index contributed by atoms with van der Waals surface area (Å²) in [6.45, 7) is 17.8. The molecule has 0 rings (SSSR count). The summed E-state index contributed by atoms with van der Waals surface area (Å²) in [6.07, 6.45) is 15.7. The fourth-order valence-electron chi connectivity index (χ4n) is 1.68. The predicted octanol–water partition coefficient (Wildman–Crippen LogP) is 7.18. The molecule has 0 saturated heterocycles. The van der Waals surface area contributed by atoms with Gasteiger partial charge in [-0.05, 0) is 54.4 Å². The van der Waals surface area contributed by atoms with Crippen molar-refractivity contribution in [3.63, 3.8) is 0 Å². The van der Waals surface area contributed by atoms with Crippen LogP contribution in [0.1, 0.15) is 13.8 Å². The van der Waals surface area contributed by atoms with E-state index in [0.29, 0.717) is 0 Å². The minimum Gasteiger partial charge on any atom is -0.212 e. The van der Waals surface area contributed by atoms with Crippen molar-refractivity contribution in [1.82, 2.24) is 0 Å². The van der Waals surface area contributed by atoms with Crippen LogP contribution in [0, 0.1) is 0 Å². The van der Waals surface area contributed by atoms with Gasteiger partial charge in [0.05, 0.1) is 5.83 Å². The summed E-state index contributed by atoms with van der Waals surface area (Å²) in [5, 5.41) is 0. The Hall–Kier alpha value is -2.74. The number of allylic oxidation sites excluding steroid dienone is 16. The average molecular weight is 326 g/mol. The van der Waals surface area contributed by atoms with Gasteiger partial charge in [0.25, 0.3) is 0 Å². The highest BCUT2D eigenvalue weighted by Gasteiger charge is 1.98. The van der Waals surface area contributed by atoms with Gasteiger partial charge in [0.15, 0.2) is 0 Å². The summed E-state index contributed by atoms with van der Waals surface area (Å²) in [4.78, 5) is 0. The number of rotatable bonds is 9. The first-order valence-corrected chi connectivity index (χ1v) is 7.40. The summed E-state index contributed by atoms with van der Waals surface area (Å²) < 4.78 is 26.0. The van der Waals surface area contributed by atoms with Crippen LogP contribution in [0.25, 0.3) is 0 Å². The molecule has 0 bridgehead atoms. The Bertz CT molecular complexity index is 671. The van der Waals surface area contributed by atoms with Crippen LogP contribution in [-0.2, 0) is 0 Å². The van der Waals surface area contributed by atoms with E-state index in [0.717, 1.165) is 28.4 Å². The molecule has 0 amide bonds. The lowest BCUT2D eigenvalue weighted by molar-refractivity contribution is 0.640. The standard InChI is InChI=1S/C22H24F2/c1-7-19(14-12-18(6)23)17(5)11-13-20(8-2)21(9-3)15-16-22(24)10-4/h7-16H,1-4H2,5-6H3/b17-11+,18-12+,19-14+,20-13+,21-15+,22-16+. The van der Waals surface area contributed by atoms with Gasteiger partial charge in [0, 0.05) is 0 Å². The minimum absolute atomic E-state index is 0.280. The van der Waals surface area contributed by atoms with Crippen LogP contribution < -0.4 is 0 Å². The lowest BCUT2D eigenvalue weighted by Crippen LogP contribution is -1.84. The van der Waals surface area contributed by atoms with Crippen molar-refractivity contribution in [1.29, 1.82) is 0 Å². The van der Waals surface area contributed by atoms with E-state index in [1.807, 2.05) is 19.1 Å². The van der Waals surface area contributed by atoms with Crippen LogP contribution >= 0.6 is 0 Å². The second-order valence-corrected chi connectivity index (χ2v) is 4.84. The third-order valence-electron chi connectivity index (χ3n) is 3.07. The average Bonchev–Trinajstić information content (AvgIpc) is 2.57. The van der Waals surface area contributed by atoms with E-state index in [1.54, 1.807) is 30.4 Å². The second-order valence-electron chi connectivity index (χ2n) is 4.84. The molecule has 0 unspecified atom stereocenters. The van der Waals surface area contributed by atoms with E-state index in [2.05, 4.69) is 26.3 Å². The van der Waals surface area contributed by atoms with E-state index in [1.165, 1.54) is 19.1 Å². The molecule has 2 heteroatoms. The largest absolute Gasteiger partial charge is 0.212 e. The Balaban J connectivity index is 5.73. The molecule has 0 heterocycles. The van der Waals surface area contributed by atoms with E-state index in [4.69, 9.17) is 0 Å². The first-order chi connectivity index (χ1) is 11.4. The van der Waals surface area contributed by atoms with Crippen molar-refractivity contribution in [3.05, 3.63) is 121 Å². The summed E-state index contributed by atoms with van der Waals surface area (Å²) in [6, 6.07) is 0. The Morgan fingerprint density at radius 3 is 1.46 bits per heavy atom. The van der Waals surface area contributed by atoms with Crippen LogP contribution in [0.2, 0.25) is 0 Å². The van der Waals surface area contributed by atoms with Gasteiger partial charge < -0.3 is 0 Å². The smallest absolute Gasteiger partial charge is 0.122 e. The lowest BCUT2D eigenvalue weighted by Gasteiger charge is -2.03. The van der Waals surface area contributed by atoms with Crippen LogP contribution in [0.15, 0.2) is 121 Å². The molecule has 0 aromatic carbocycles. The zero-order chi connectivity index (χ0) is 18.5. The van der Waals surface area contributed by atoms with Crippen molar-refractivity contribution in [2.24, 2.45) is 0 Å². The van der Waals surface area contributed by atoms with E-state index >= 15 is 0 Å². The van der Waals surface area contributed by atoms with E-state index in [-0.39, 0.29) is 5.83 Å². The Morgan fingerprint density at radius 1 is 0.583 bits per heavy atom. The summed E-state index contributed by atoms with van der Waals surface area (Å²) >= 11 is 0. The van der Waals surface area contributed by atoms with Crippen LogP contribution in [0.3, 0.4) is 0 Å². The maximum absolute atomic E-state index is 13.2. The Labute approximate surface area is 144 Å². The van der Waals surface area contributed by atoms with Crippen molar-refractivity contribution >= 4 is 0 Å². The summed E-state index contributed by atoms with van der Waals surface area (Å²) in [5.41, 5.74) is 3.19. The Morgan fingerprint density at radius 2 is 1.04 bits per heavy atom. The fourth-order valence-corrected chi connectivity index (χ4v) is 1.68. The monoisotopic (exact) mass is 326 g/mol. The molecule has 0 saturated carbocycles. The molecule has 126 valence electrons. The fraction of sp³-hybridized carbons (Fsp3) is 0.0909. The molecular formula is C22H24F2. The van der Waals surface area contributed by atoms with Gasteiger partial charge in [-0.3, -0.25) is 0 Å². The van der Waals surface area contributed by atoms with Gasteiger partial charge in [-0.2, -0.15) is 0 Å². The molecular weight excluding hydrogens is 302 g/mol. The Kier molecular flexibility index (Phi) is 10.4. The van der Waals surface area contributed by atoms with Gasteiger partial charge in [0.1, 0.15) is 5.83 Å². The highest BCUT2D eigenvalue weighted by Crippen LogP contribution is 2.17. The first kappa shape index (κ1) is 21.3. The summed E-state index contributed by atoms with van der Waals surface area (Å²) in [7, 11) is 0. The molecule has 0 aliphatic heterocycles. The molecule has 0 nitrogen and oxygen atoms in total. The minimum atomic E-state index is -0.435. The van der Waals surface area contributed by atoms with Gasteiger partial charge in [-0.25, -0.2) is 8.78 Å². The second kappa shape index (κ2) is 11.8. The molecule has 0 radical (unpaired) electrons. The van der Waals surface area contributed by atoms with Crippen molar-refractivity contribution < 1.29 is 8.78 Å². The zero-order valence-electron chi connectivity index (χ0n) is 14.4. The van der Waals surface area contributed by atoms with Crippen molar-refractivity contribution in [2.45, 2.75) is 13.8 Å². The third-order valence-corrected chi connectivity index (χ3v) is 3.07. The van der Waals surface area contributed by atoms with Crippen LogP contribution in [0.5, 0.6) is 0 Å². The third kappa shape index (κ3) is 8.04. The topological polar surface area (TPSA) is 0 Å². The maximum Gasteiger partial charge on any atom is 0.122 e. The van der Waals surface area contributed by atoms with Crippen LogP contribution in [-0.4, -0.2) is 0 Å². The van der Waals surface area contributed by atoms with E-state index in [9.17, 15) is 8.78 Å².